The van der Waals surface area contributed by atoms with Gasteiger partial charge in [-0.3, -0.25) is 4.99 Å². The summed E-state index contributed by atoms with van der Waals surface area (Å²) in [7, 11) is 0. The van der Waals surface area contributed by atoms with Crippen molar-refractivity contribution in [2.24, 2.45) is 16.6 Å². The Hall–Kier alpha value is -0.790. The Bertz CT molecular complexity index is 260. The van der Waals surface area contributed by atoms with E-state index in [-0.39, 0.29) is 0 Å². The van der Waals surface area contributed by atoms with Crippen LogP contribution in [0.15, 0.2) is 16.8 Å². The van der Waals surface area contributed by atoms with Crippen molar-refractivity contribution in [2.75, 3.05) is 6.54 Å². The molecule has 2 nitrogen and oxygen atoms in total. The normalized spacial score (nSPS) is 25.1. The Morgan fingerprint density at radius 3 is 2.60 bits per heavy atom. The molecule has 1 aliphatic heterocycles. The second-order valence-electron chi connectivity index (χ2n) is 4.81. The Labute approximate surface area is 92.7 Å². The number of nitrogens with two attached hydrogens (primary N) is 1. The molecule has 0 aromatic rings. The van der Waals surface area contributed by atoms with E-state index in [1.807, 2.05) is 0 Å². The molecular formula is C13H22N2. The third-order valence-electron chi connectivity index (χ3n) is 3.57. The fourth-order valence-electron chi connectivity index (χ4n) is 2.58. The van der Waals surface area contributed by atoms with Crippen LogP contribution in [0, 0.1) is 5.92 Å². The molecule has 1 fully saturated rings. The lowest BCUT2D eigenvalue weighted by Crippen LogP contribution is -2.17. The molecule has 0 spiro atoms. The monoisotopic (exact) mass is 206 g/mol. The first-order chi connectivity index (χ1) is 7.36. The van der Waals surface area contributed by atoms with Crippen LogP contribution in [-0.2, 0) is 0 Å². The minimum atomic E-state index is 0.642. The molecule has 84 valence electrons. The Morgan fingerprint density at radius 2 is 1.93 bits per heavy atom. The van der Waals surface area contributed by atoms with E-state index < -0.39 is 0 Å². The molecule has 0 bridgehead atoms. The fourth-order valence-corrected chi connectivity index (χ4v) is 2.58. The Balaban J connectivity index is 1.95. The predicted octanol–water partition coefficient (Wildman–Crippen LogP) is 3.03. The predicted molar refractivity (Wildman–Crippen MR) is 65.0 cm³/mol. The highest BCUT2D eigenvalue weighted by Gasteiger charge is 2.16. The lowest BCUT2D eigenvalue weighted by atomic mass is 9.86. The van der Waals surface area contributed by atoms with Gasteiger partial charge in [0.2, 0.25) is 0 Å². The molecule has 2 heteroatoms. The van der Waals surface area contributed by atoms with Crippen LogP contribution >= 0.6 is 0 Å². The summed E-state index contributed by atoms with van der Waals surface area (Å²) in [5.74, 6) is 0.642. The molecule has 0 atom stereocenters. The SMILES string of the molecule is N/C(=C\C1=NCCCC1)C1CCCCC1. The van der Waals surface area contributed by atoms with Crippen molar-refractivity contribution in [2.45, 2.75) is 51.4 Å². The zero-order valence-electron chi connectivity index (χ0n) is 9.54. The molecule has 1 saturated carbocycles. The molecule has 1 aliphatic carbocycles. The maximum absolute atomic E-state index is 6.16. The summed E-state index contributed by atoms with van der Waals surface area (Å²) in [4.78, 5) is 4.52. The molecule has 2 N–H and O–H groups in total. The summed E-state index contributed by atoms with van der Waals surface area (Å²) in [5, 5.41) is 0. The summed E-state index contributed by atoms with van der Waals surface area (Å²) in [6, 6.07) is 0. The van der Waals surface area contributed by atoms with Crippen molar-refractivity contribution in [1.29, 1.82) is 0 Å². The van der Waals surface area contributed by atoms with Gasteiger partial charge in [-0.2, -0.15) is 0 Å². The van der Waals surface area contributed by atoms with Crippen LogP contribution in [0.25, 0.3) is 0 Å². The molecule has 0 radical (unpaired) electrons. The minimum Gasteiger partial charge on any atom is -0.402 e. The second-order valence-corrected chi connectivity index (χ2v) is 4.81. The van der Waals surface area contributed by atoms with E-state index in [1.165, 1.54) is 50.7 Å². The number of rotatable bonds is 2. The van der Waals surface area contributed by atoms with Crippen LogP contribution in [0.3, 0.4) is 0 Å². The lowest BCUT2D eigenvalue weighted by Gasteiger charge is -2.22. The first-order valence-corrected chi connectivity index (χ1v) is 6.36. The molecular weight excluding hydrogens is 184 g/mol. The summed E-state index contributed by atoms with van der Waals surface area (Å²) in [5.41, 5.74) is 8.49. The smallest absolute Gasteiger partial charge is 0.0392 e. The van der Waals surface area contributed by atoms with E-state index in [0.29, 0.717) is 5.92 Å². The Kier molecular flexibility index (Phi) is 3.81. The van der Waals surface area contributed by atoms with Crippen molar-refractivity contribution < 1.29 is 0 Å². The Morgan fingerprint density at radius 1 is 1.13 bits per heavy atom. The highest BCUT2D eigenvalue weighted by atomic mass is 14.7. The third kappa shape index (κ3) is 3.08. The van der Waals surface area contributed by atoms with Gasteiger partial charge in [0.05, 0.1) is 0 Å². The van der Waals surface area contributed by atoms with Gasteiger partial charge in [0.15, 0.2) is 0 Å². The minimum absolute atomic E-state index is 0.642. The van der Waals surface area contributed by atoms with Gasteiger partial charge < -0.3 is 5.73 Å². The summed E-state index contributed by atoms with van der Waals surface area (Å²) >= 11 is 0. The highest BCUT2D eigenvalue weighted by molar-refractivity contribution is 5.95. The molecule has 0 amide bonds. The zero-order valence-corrected chi connectivity index (χ0v) is 9.54. The van der Waals surface area contributed by atoms with Crippen LogP contribution in [-0.4, -0.2) is 12.3 Å². The quantitative estimate of drug-likeness (QED) is 0.741. The van der Waals surface area contributed by atoms with Crippen LogP contribution in [0.5, 0.6) is 0 Å². The third-order valence-corrected chi connectivity index (χ3v) is 3.57. The van der Waals surface area contributed by atoms with Crippen molar-refractivity contribution in [3.05, 3.63) is 11.8 Å². The summed E-state index contributed by atoms with van der Waals surface area (Å²) in [6.07, 6.45) is 12.5. The van der Waals surface area contributed by atoms with Gasteiger partial charge in [-0.15, -0.1) is 0 Å². The molecule has 0 aromatic carbocycles. The van der Waals surface area contributed by atoms with Crippen molar-refractivity contribution in [1.82, 2.24) is 0 Å². The summed E-state index contributed by atoms with van der Waals surface area (Å²) in [6.45, 7) is 1.00. The molecule has 0 aromatic heterocycles. The first kappa shape index (κ1) is 10.7. The van der Waals surface area contributed by atoms with Crippen LogP contribution < -0.4 is 5.73 Å². The molecule has 15 heavy (non-hydrogen) atoms. The van der Waals surface area contributed by atoms with Crippen LogP contribution in [0.2, 0.25) is 0 Å². The van der Waals surface area contributed by atoms with E-state index in [4.69, 9.17) is 5.73 Å². The molecule has 2 aliphatic rings. The topological polar surface area (TPSA) is 38.4 Å². The summed E-state index contributed by atoms with van der Waals surface area (Å²) < 4.78 is 0. The number of aliphatic imine (C=N–C) groups is 1. The molecule has 0 saturated heterocycles. The molecule has 2 rings (SSSR count). The van der Waals surface area contributed by atoms with E-state index in [9.17, 15) is 0 Å². The molecule has 0 unspecified atom stereocenters. The van der Waals surface area contributed by atoms with Gasteiger partial charge >= 0.3 is 0 Å². The van der Waals surface area contributed by atoms with Gasteiger partial charge in [0.25, 0.3) is 0 Å². The van der Waals surface area contributed by atoms with E-state index >= 15 is 0 Å². The van der Waals surface area contributed by atoms with Gasteiger partial charge in [0.1, 0.15) is 0 Å². The second kappa shape index (κ2) is 5.34. The van der Waals surface area contributed by atoms with Gasteiger partial charge in [-0.25, -0.2) is 0 Å². The van der Waals surface area contributed by atoms with E-state index in [1.54, 1.807) is 0 Å². The standard InChI is InChI=1S/C13H22N2/c14-13(11-6-2-1-3-7-11)10-12-8-4-5-9-15-12/h10-11H,1-9,14H2/b13-10-. The first-order valence-electron chi connectivity index (χ1n) is 6.36. The zero-order chi connectivity index (χ0) is 10.5. The van der Waals surface area contributed by atoms with Crippen molar-refractivity contribution in [3.8, 4) is 0 Å². The fraction of sp³-hybridized carbons (Fsp3) is 0.769. The molecule has 1 heterocycles. The lowest BCUT2D eigenvalue weighted by molar-refractivity contribution is 0.400. The van der Waals surface area contributed by atoms with Gasteiger partial charge in [0, 0.05) is 18.0 Å². The van der Waals surface area contributed by atoms with Crippen molar-refractivity contribution >= 4 is 5.71 Å². The number of hydrogen-bond acceptors (Lipinski definition) is 2. The van der Waals surface area contributed by atoms with Crippen molar-refractivity contribution in [3.63, 3.8) is 0 Å². The number of allylic oxidation sites excluding steroid dienone is 2. The average molecular weight is 206 g/mol. The average Bonchev–Trinajstić information content (AvgIpc) is 2.31. The largest absolute Gasteiger partial charge is 0.402 e. The van der Waals surface area contributed by atoms with Gasteiger partial charge in [-0.1, -0.05) is 19.3 Å². The maximum Gasteiger partial charge on any atom is 0.0392 e. The van der Waals surface area contributed by atoms with Crippen LogP contribution in [0.4, 0.5) is 0 Å². The number of nitrogens with zero attached hydrogens (tertiary/aromatic N) is 1. The van der Waals surface area contributed by atoms with Gasteiger partial charge in [-0.05, 0) is 44.1 Å². The van der Waals surface area contributed by atoms with Crippen LogP contribution in [0.1, 0.15) is 51.4 Å². The highest BCUT2D eigenvalue weighted by Crippen LogP contribution is 2.27. The maximum atomic E-state index is 6.16. The van der Waals surface area contributed by atoms with E-state index in [0.717, 1.165) is 18.7 Å². The van der Waals surface area contributed by atoms with E-state index in [2.05, 4.69) is 11.1 Å². The number of hydrogen-bond donors (Lipinski definition) is 1.